The number of carbonyl (C=O) groups excluding carboxylic acids is 1. The van der Waals surface area contributed by atoms with Crippen LogP contribution in [0.4, 0.5) is 10.1 Å². The van der Waals surface area contributed by atoms with Gasteiger partial charge in [-0.3, -0.25) is 4.79 Å². The lowest BCUT2D eigenvalue weighted by Crippen LogP contribution is -2.35. The van der Waals surface area contributed by atoms with Crippen molar-refractivity contribution < 1.29 is 18.7 Å². The molecular weight excluding hydrogens is 297 g/mol. The highest BCUT2D eigenvalue weighted by molar-refractivity contribution is 6.09. The summed E-state index contributed by atoms with van der Waals surface area (Å²) < 4.78 is 24.0. The summed E-state index contributed by atoms with van der Waals surface area (Å²) in [6.07, 6.45) is 1.57. The van der Waals surface area contributed by atoms with Gasteiger partial charge in [0.2, 0.25) is 0 Å². The molecule has 0 unspecified atom stereocenters. The van der Waals surface area contributed by atoms with Crippen LogP contribution in [0.15, 0.2) is 36.4 Å². The third kappa shape index (κ3) is 2.74. The van der Waals surface area contributed by atoms with Crippen LogP contribution in [-0.4, -0.2) is 26.7 Å². The van der Waals surface area contributed by atoms with Crippen LogP contribution in [-0.2, 0) is 6.42 Å². The summed E-state index contributed by atoms with van der Waals surface area (Å²) in [5, 5.41) is 0. The zero-order chi connectivity index (χ0) is 16.4. The molecule has 0 saturated heterocycles. The van der Waals surface area contributed by atoms with Gasteiger partial charge in [0.15, 0.2) is 11.5 Å². The molecule has 2 aromatic carbocycles. The number of anilines is 1. The number of ether oxygens (including phenoxy) is 2. The second-order valence-corrected chi connectivity index (χ2v) is 5.37. The van der Waals surface area contributed by atoms with Crippen LogP contribution in [0.5, 0.6) is 11.5 Å². The Morgan fingerprint density at radius 1 is 1.17 bits per heavy atom. The summed E-state index contributed by atoms with van der Waals surface area (Å²) in [5.74, 6) is 0.467. The SMILES string of the molecule is COc1cccc(C(=O)N2CCCc3cc(F)ccc32)c1OC. The van der Waals surface area contributed by atoms with E-state index in [1.54, 1.807) is 29.2 Å². The number of halogens is 1. The summed E-state index contributed by atoms with van der Waals surface area (Å²) in [7, 11) is 3.04. The van der Waals surface area contributed by atoms with E-state index in [9.17, 15) is 9.18 Å². The fourth-order valence-corrected chi connectivity index (χ4v) is 2.98. The largest absolute Gasteiger partial charge is 0.493 e. The summed E-state index contributed by atoms with van der Waals surface area (Å²) in [4.78, 5) is 14.7. The van der Waals surface area contributed by atoms with E-state index >= 15 is 0 Å². The Labute approximate surface area is 134 Å². The van der Waals surface area contributed by atoms with Gasteiger partial charge in [-0.2, -0.15) is 0 Å². The molecule has 0 saturated carbocycles. The Morgan fingerprint density at radius 2 is 2.00 bits per heavy atom. The van der Waals surface area contributed by atoms with Crippen molar-refractivity contribution in [3.63, 3.8) is 0 Å². The molecule has 23 heavy (non-hydrogen) atoms. The van der Waals surface area contributed by atoms with E-state index in [1.807, 2.05) is 0 Å². The fraction of sp³-hybridized carbons (Fsp3) is 0.278. The summed E-state index contributed by atoms with van der Waals surface area (Å²) in [6.45, 7) is 0.595. The van der Waals surface area contributed by atoms with E-state index < -0.39 is 0 Å². The number of hydrogen-bond acceptors (Lipinski definition) is 3. The van der Waals surface area contributed by atoms with Gasteiger partial charge in [-0.25, -0.2) is 4.39 Å². The van der Waals surface area contributed by atoms with Crippen molar-refractivity contribution in [3.8, 4) is 11.5 Å². The zero-order valence-corrected chi connectivity index (χ0v) is 13.1. The number of amides is 1. The molecule has 1 heterocycles. The zero-order valence-electron chi connectivity index (χ0n) is 13.1. The number of carbonyl (C=O) groups is 1. The minimum absolute atomic E-state index is 0.173. The average molecular weight is 315 g/mol. The first-order valence-corrected chi connectivity index (χ1v) is 7.47. The molecule has 0 aromatic heterocycles. The molecule has 120 valence electrons. The number of methoxy groups -OCH3 is 2. The van der Waals surface area contributed by atoms with Gasteiger partial charge in [-0.15, -0.1) is 0 Å². The second-order valence-electron chi connectivity index (χ2n) is 5.37. The van der Waals surface area contributed by atoms with E-state index in [4.69, 9.17) is 9.47 Å². The summed E-state index contributed by atoms with van der Waals surface area (Å²) in [5.41, 5.74) is 2.04. The van der Waals surface area contributed by atoms with Gasteiger partial charge in [-0.05, 0) is 48.7 Å². The molecule has 1 amide bonds. The predicted octanol–water partition coefficient (Wildman–Crippen LogP) is 3.44. The van der Waals surface area contributed by atoms with Crippen LogP contribution in [0.2, 0.25) is 0 Å². The molecule has 0 bridgehead atoms. The molecule has 1 aliphatic heterocycles. The summed E-state index contributed by atoms with van der Waals surface area (Å²) in [6, 6.07) is 9.75. The maximum Gasteiger partial charge on any atom is 0.262 e. The summed E-state index contributed by atoms with van der Waals surface area (Å²) >= 11 is 0. The minimum Gasteiger partial charge on any atom is -0.493 e. The highest BCUT2D eigenvalue weighted by Crippen LogP contribution is 2.34. The maximum atomic E-state index is 13.4. The highest BCUT2D eigenvalue weighted by Gasteiger charge is 2.27. The molecule has 0 spiro atoms. The maximum absolute atomic E-state index is 13.4. The van der Waals surface area contributed by atoms with Crippen LogP contribution in [0.1, 0.15) is 22.3 Å². The Morgan fingerprint density at radius 3 is 2.74 bits per heavy atom. The molecule has 0 atom stereocenters. The number of benzene rings is 2. The van der Waals surface area contributed by atoms with Gasteiger partial charge in [0.25, 0.3) is 5.91 Å². The van der Waals surface area contributed by atoms with Crippen molar-refractivity contribution >= 4 is 11.6 Å². The van der Waals surface area contributed by atoms with Crippen molar-refractivity contribution in [3.05, 3.63) is 53.3 Å². The Hall–Kier alpha value is -2.56. The van der Waals surface area contributed by atoms with Gasteiger partial charge >= 0.3 is 0 Å². The second kappa shape index (κ2) is 6.28. The molecule has 3 rings (SSSR count). The van der Waals surface area contributed by atoms with E-state index in [0.29, 0.717) is 23.6 Å². The van der Waals surface area contributed by atoms with Gasteiger partial charge in [0, 0.05) is 12.2 Å². The smallest absolute Gasteiger partial charge is 0.262 e. The van der Waals surface area contributed by atoms with Gasteiger partial charge in [0.05, 0.1) is 19.8 Å². The number of rotatable bonds is 3. The van der Waals surface area contributed by atoms with Crippen molar-refractivity contribution in [1.82, 2.24) is 0 Å². The lowest BCUT2D eigenvalue weighted by atomic mass is 10.0. The van der Waals surface area contributed by atoms with Crippen LogP contribution in [0, 0.1) is 5.82 Å². The molecule has 5 heteroatoms. The number of aryl methyl sites for hydroxylation is 1. The standard InChI is InChI=1S/C18H18FNO3/c1-22-16-7-3-6-14(17(16)23-2)18(21)20-10-4-5-12-11-13(19)8-9-15(12)20/h3,6-9,11H,4-5,10H2,1-2H3. The first-order valence-electron chi connectivity index (χ1n) is 7.47. The number of nitrogens with zero attached hydrogens (tertiary/aromatic N) is 1. The van der Waals surface area contributed by atoms with Crippen LogP contribution in [0.3, 0.4) is 0 Å². The molecule has 0 aliphatic carbocycles. The molecule has 0 radical (unpaired) electrons. The lowest BCUT2D eigenvalue weighted by Gasteiger charge is -2.30. The molecule has 0 fully saturated rings. The Balaban J connectivity index is 2.03. The van der Waals surface area contributed by atoms with Crippen LogP contribution < -0.4 is 14.4 Å². The molecule has 1 aliphatic rings. The van der Waals surface area contributed by atoms with E-state index in [1.165, 1.54) is 26.4 Å². The minimum atomic E-state index is -0.281. The topological polar surface area (TPSA) is 38.8 Å². The number of fused-ring (bicyclic) bond motifs is 1. The Bertz CT molecular complexity index is 745. The fourth-order valence-electron chi connectivity index (χ4n) is 2.98. The first kappa shape index (κ1) is 15.3. The van der Waals surface area contributed by atoms with E-state index in [2.05, 4.69) is 0 Å². The molecule has 4 nitrogen and oxygen atoms in total. The van der Waals surface area contributed by atoms with Crippen molar-refractivity contribution in [2.24, 2.45) is 0 Å². The molecule has 2 aromatic rings. The first-order chi connectivity index (χ1) is 11.2. The highest BCUT2D eigenvalue weighted by atomic mass is 19.1. The van der Waals surface area contributed by atoms with Gasteiger partial charge in [-0.1, -0.05) is 6.07 Å². The predicted molar refractivity (Wildman–Crippen MR) is 85.9 cm³/mol. The van der Waals surface area contributed by atoms with Crippen LogP contribution >= 0.6 is 0 Å². The van der Waals surface area contributed by atoms with Gasteiger partial charge < -0.3 is 14.4 Å². The monoisotopic (exact) mass is 315 g/mol. The average Bonchev–Trinajstić information content (AvgIpc) is 2.59. The molecule has 0 N–H and O–H groups in total. The normalized spacial score (nSPS) is 13.4. The third-order valence-corrected chi connectivity index (χ3v) is 4.04. The lowest BCUT2D eigenvalue weighted by molar-refractivity contribution is 0.0981. The van der Waals surface area contributed by atoms with Crippen LogP contribution in [0.25, 0.3) is 0 Å². The number of hydrogen-bond donors (Lipinski definition) is 0. The van der Waals surface area contributed by atoms with Crippen molar-refractivity contribution in [1.29, 1.82) is 0 Å². The van der Waals surface area contributed by atoms with Gasteiger partial charge in [0.1, 0.15) is 5.82 Å². The number of para-hydroxylation sites is 1. The third-order valence-electron chi connectivity index (χ3n) is 4.04. The van der Waals surface area contributed by atoms with Crippen molar-refractivity contribution in [2.75, 3.05) is 25.7 Å². The quantitative estimate of drug-likeness (QED) is 0.871. The molecular formula is C18H18FNO3. The van der Waals surface area contributed by atoms with E-state index in [-0.39, 0.29) is 11.7 Å². The van der Waals surface area contributed by atoms with Crippen molar-refractivity contribution in [2.45, 2.75) is 12.8 Å². The van der Waals surface area contributed by atoms with E-state index in [0.717, 1.165) is 24.1 Å². The Kier molecular flexibility index (Phi) is 4.19.